The molecule has 0 saturated carbocycles. The Balaban J connectivity index is 2.00. The van der Waals surface area contributed by atoms with Crippen LogP contribution in [0.2, 0.25) is 0 Å². The predicted octanol–water partition coefficient (Wildman–Crippen LogP) is 0.895. The summed E-state index contributed by atoms with van der Waals surface area (Å²) in [5.74, 6) is 1.41. The number of hydrogen-bond acceptors (Lipinski definition) is 5. The Labute approximate surface area is 131 Å². The molecule has 1 aromatic heterocycles. The number of rotatable bonds is 5. The second-order valence-electron chi connectivity index (χ2n) is 6.08. The molecule has 0 aliphatic carbocycles. The fraction of sp³-hybridized carbons (Fsp3) is 0.714. The van der Waals surface area contributed by atoms with Gasteiger partial charge in [-0.05, 0) is 26.2 Å². The van der Waals surface area contributed by atoms with Crippen LogP contribution in [0.4, 0.5) is 0 Å². The van der Waals surface area contributed by atoms with E-state index in [1.165, 1.54) is 0 Å². The monoisotopic (exact) mass is 328 g/mol. The summed E-state index contributed by atoms with van der Waals surface area (Å²) in [6.07, 6.45) is 2.24. The first-order valence-electron chi connectivity index (χ1n) is 7.47. The second-order valence-corrected chi connectivity index (χ2v) is 8.31. The normalized spacial score (nSPS) is 21.3. The molecule has 2 heterocycles. The molecular formula is C14H24N4O3S. The molecule has 1 aromatic rings. The predicted molar refractivity (Wildman–Crippen MR) is 85.3 cm³/mol. The van der Waals surface area contributed by atoms with E-state index in [1.807, 2.05) is 31.9 Å². The van der Waals surface area contributed by atoms with E-state index in [0.717, 1.165) is 11.7 Å². The van der Waals surface area contributed by atoms with Gasteiger partial charge in [-0.25, -0.2) is 8.42 Å². The summed E-state index contributed by atoms with van der Waals surface area (Å²) in [4.78, 5) is 6.56. The highest BCUT2D eigenvalue weighted by atomic mass is 32.2. The summed E-state index contributed by atoms with van der Waals surface area (Å²) < 4.78 is 27.9. The molecule has 0 aromatic carbocycles. The smallest absolute Gasteiger partial charge is 0.194 e. The molecule has 7 nitrogen and oxygen atoms in total. The average Bonchev–Trinajstić information content (AvgIpc) is 3.03. The van der Waals surface area contributed by atoms with Gasteiger partial charge in [0, 0.05) is 25.7 Å². The summed E-state index contributed by atoms with van der Waals surface area (Å²) >= 11 is 0. The quantitative estimate of drug-likeness (QED) is 0.638. The first-order chi connectivity index (χ1) is 10.4. The minimum atomic E-state index is -2.85. The van der Waals surface area contributed by atoms with Gasteiger partial charge in [0.2, 0.25) is 0 Å². The zero-order valence-corrected chi connectivity index (χ0v) is 14.1. The number of hydrogen-bond donors (Lipinski definition) is 1. The third-order valence-electron chi connectivity index (χ3n) is 3.50. The molecule has 22 heavy (non-hydrogen) atoms. The van der Waals surface area contributed by atoms with Crippen molar-refractivity contribution < 1.29 is 12.9 Å². The Morgan fingerprint density at radius 2 is 2.36 bits per heavy atom. The fourth-order valence-corrected chi connectivity index (χ4v) is 4.25. The van der Waals surface area contributed by atoms with Crippen LogP contribution in [0.15, 0.2) is 21.8 Å². The Morgan fingerprint density at radius 1 is 1.59 bits per heavy atom. The van der Waals surface area contributed by atoms with Crippen LogP contribution < -0.4 is 5.32 Å². The van der Waals surface area contributed by atoms with Gasteiger partial charge >= 0.3 is 0 Å². The maximum Gasteiger partial charge on any atom is 0.194 e. The van der Waals surface area contributed by atoms with E-state index in [2.05, 4.69) is 15.5 Å². The van der Waals surface area contributed by atoms with Gasteiger partial charge < -0.3 is 14.7 Å². The minimum Gasteiger partial charge on any atom is -0.364 e. The van der Waals surface area contributed by atoms with Crippen LogP contribution in [0, 0.1) is 5.92 Å². The van der Waals surface area contributed by atoms with E-state index < -0.39 is 9.84 Å². The molecule has 1 atom stereocenters. The maximum atomic E-state index is 11.5. The Hall–Kier alpha value is -1.57. The van der Waals surface area contributed by atoms with Gasteiger partial charge in [-0.1, -0.05) is 5.16 Å². The van der Waals surface area contributed by atoms with Crippen molar-refractivity contribution in [3.63, 3.8) is 0 Å². The summed E-state index contributed by atoms with van der Waals surface area (Å²) in [6, 6.07) is 2.05. The van der Waals surface area contributed by atoms with Crippen LogP contribution >= 0.6 is 0 Å². The van der Waals surface area contributed by atoms with E-state index in [1.54, 1.807) is 6.26 Å². The topological polar surface area (TPSA) is 87.8 Å². The Kier molecular flexibility index (Phi) is 5.44. The van der Waals surface area contributed by atoms with Crippen molar-refractivity contribution in [1.29, 1.82) is 0 Å². The SMILES string of the molecule is CC(C)NC(=NCC1CCS(=O)(=O)C1)N(C)Cc1ccon1. The summed E-state index contributed by atoms with van der Waals surface area (Å²) in [7, 11) is -0.928. The minimum absolute atomic E-state index is 0.120. The van der Waals surface area contributed by atoms with Gasteiger partial charge in [0.15, 0.2) is 15.8 Å². The molecule has 1 saturated heterocycles. The van der Waals surface area contributed by atoms with Gasteiger partial charge in [-0.15, -0.1) is 0 Å². The fourth-order valence-electron chi connectivity index (χ4n) is 2.40. The second kappa shape index (κ2) is 7.13. The average molecular weight is 328 g/mol. The number of aromatic nitrogens is 1. The molecule has 8 heteroatoms. The van der Waals surface area contributed by atoms with E-state index in [4.69, 9.17) is 4.52 Å². The van der Waals surface area contributed by atoms with Gasteiger partial charge in [0.25, 0.3) is 0 Å². The maximum absolute atomic E-state index is 11.5. The first-order valence-corrected chi connectivity index (χ1v) is 9.29. The van der Waals surface area contributed by atoms with Crippen LogP contribution in [0.1, 0.15) is 26.0 Å². The van der Waals surface area contributed by atoms with Gasteiger partial charge in [-0.2, -0.15) is 0 Å². The van der Waals surface area contributed by atoms with Crippen molar-refractivity contribution >= 4 is 15.8 Å². The summed E-state index contributed by atoms with van der Waals surface area (Å²) in [5.41, 5.74) is 0.823. The number of aliphatic imine (C=N–C) groups is 1. The van der Waals surface area contributed by atoms with E-state index in [9.17, 15) is 8.42 Å². The Bertz CT molecular complexity index is 596. The number of nitrogens with zero attached hydrogens (tertiary/aromatic N) is 3. The molecule has 1 aliphatic rings. The number of sulfone groups is 1. The lowest BCUT2D eigenvalue weighted by molar-refractivity contribution is 0.389. The van der Waals surface area contributed by atoms with Crippen molar-refractivity contribution in [2.75, 3.05) is 25.1 Å². The molecule has 2 rings (SSSR count). The largest absolute Gasteiger partial charge is 0.364 e. The lowest BCUT2D eigenvalue weighted by Crippen LogP contribution is -2.42. The molecule has 1 unspecified atom stereocenters. The highest BCUT2D eigenvalue weighted by molar-refractivity contribution is 7.91. The van der Waals surface area contributed by atoms with Crippen LogP contribution in [-0.2, 0) is 16.4 Å². The standard InChI is InChI=1S/C14H24N4O3S/c1-11(2)16-14(18(3)9-13-4-6-21-17-13)15-8-12-5-7-22(19,20)10-12/h4,6,11-12H,5,7-10H2,1-3H3,(H,15,16). The number of guanidine groups is 1. The van der Waals surface area contributed by atoms with Gasteiger partial charge in [0.05, 0.1) is 18.1 Å². The third-order valence-corrected chi connectivity index (χ3v) is 5.33. The van der Waals surface area contributed by atoms with Crippen molar-refractivity contribution in [1.82, 2.24) is 15.4 Å². The summed E-state index contributed by atoms with van der Waals surface area (Å²) in [5, 5.41) is 7.20. The van der Waals surface area contributed by atoms with E-state index in [0.29, 0.717) is 19.5 Å². The highest BCUT2D eigenvalue weighted by Gasteiger charge is 2.27. The molecule has 124 valence electrons. The van der Waals surface area contributed by atoms with Crippen molar-refractivity contribution in [3.05, 3.63) is 18.0 Å². The third kappa shape index (κ3) is 5.01. The molecule has 0 amide bonds. The Morgan fingerprint density at radius 3 is 2.91 bits per heavy atom. The van der Waals surface area contributed by atoms with Crippen molar-refractivity contribution in [2.45, 2.75) is 32.9 Å². The first kappa shape index (κ1) is 16.8. The molecule has 0 bridgehead atoms. The molecule has 0 radical (unpaired) electrons. The summed E-state index contributed by atoms with van der Waals surface area (Å²) in [6.45, 7) is 5.19. The molecule has 1 fully saturated rings. The molecule has 1 aliphatic heterocycles. The van der Waals surface area contributed by atoms with Crippen LogP contribution in [0.5, 0.6) is 0 Å². The van der Waals surface area contributed by atoms with E-state index >= 15 is 0 Å². The van der Waals surface area contributed by atoms with E-state index in [-0.39, 0.29) is 23.5 Å². The van der Waals surface area contributed by atoms with Gasteiger partial charge in [-0.3, -0.25) is 4.99 Å². The van der Waals surface area contributed by atoms with Crippen molar-refractivity contribution in [2.24, 2.45) is 10.9 Å². The molecule has 0 spiro atoms. The van der Waals surface area contributed by atoms with Crippen molar-refractivity contribution in [3.8, 4) is 0 Å². The lowest BCUT2D eigenvalue weighted by atomic mass is 10.1. The lowest BCUT2D eigenvalue weighted by Gasteiger charge is -2.23. The number of nitrogens with one attached hydrogen (secondary N) is 1. The highest BCUT2D eigenvalue weighted by Crippen LogP contribution is 2.18. The van der Waals surface area contributed by atoms with Gasteiger partial charge in [0.1, 0.15) is 12.0 Å². The zero-order valence-electron chi connectivity index (χ0n) is 13.3. The van der Waals surface area contributed by atoms with Crippen LogP contribution in [-0.4, -0.2) is 55.6 Å². The molecular weight excluding hydrogens is 304 g/mol. The van der Waals surface area contributed by atoms with Crippen LogP contribution in [0.3, 0.4) is 0 Å². The zero-order chi connectivity index (χ0) is 16.2. The van der Waals surface area contributed by atoms with Crippen LogP contribution in [0.25, 0.3) is 0 Å². The molecule has 1 N–H and O–H groups in total.